The summed E-state index contributed by atoms with van der Waals surface area (Å²) in [6.45, 7) is 0. The molecule has 0 aliphatic carbocycles. The van der Waals surface area contributed by atoms with Crippen molar-refractivity contribution in [3.63, 3.8) is 0 Å². The van der Waals surface area contributed by atoms with Crippen molar-refractivity contribution in [2.45, 2.75) is 42.5 Å². The van der Waals surface area contributed by atoms with Crippen LogP contribution in [0.5, 0.6) is 0 Å². The molecule has 0 aromatic heterocycles. The van der Waals surface area contributed by atoms with Crippen LogP contribution in [0.25, 0.3) is 0 Å². The highest BCUT2D eigenvalue weighted by Gasteiger charge is 2.77. The van der Waals surface area contributed by atoms with Crippen LogP contribution in [0, 0.1) is 0 Å². The van der Waals surface area contributed by atoms with E-state index in [0.29, 0.717) is 0 Å². The minimum absolute atomic E-state index is 4.98. The molecule has 0 radical (unpaired) electrons. The Balaban J connectivity index is 6.33. The predicted octanol–water partition coefficient (Wildman–Crippen LogP) is 5.84. The Morgan fingerprint density at radius 3 is 1.16 bits per heavy atom. The largest absolute Gasteiger partial charge is 0.460 e. The molecule has 0 amide bonds. The summed E-state index contributed by atoms with van der Waals surface area (Å²) in [5.41, 5.74) is 0. The van der Waals surface area contributed by atoms with Crippen molar-refractivity contribution in [2.75, 3.05) is 0 Å². The molecule has 0 aromatic rings. The van der Waals surface area contributed by atoms with Gasteiger partial charge in [-0.1, -0.05) is 0 Å². The molecule has 16 heteroatoms. The Hall–Kier alpha value is -1.38. The summed E-state index contributed by atoms with van der Waals surface area (Å²) in [4.78, 5) is 0. The van der Waals surface area contributed by atoms with E-state index in [0.717, 1.165) is 0 Å². The molecule has 1 atom stereocenters. The first-order valence-electron chi connectivity index (χ1n) is 5.23. The fourth-order valence-corrected chi connectivity index (χ4v) is 1.07. The van der Waals surface area contributed by atoms with Crippen LogP contribution in [0.1, 0.15) is 0 Å². The first-order chi connectivity index (χ1) is 10.7. The predicted molar refractivity (Wildman–Crippen MR) is 46.0 cm³/mol. The van der Waals surface area contributed by atoms with Gasteiger partial charge in [0, 0.05) is 0 Å². The highest BCUT2D eigenvalue weighted by atomic mass is 19.4. The van der Waals surface area contributed by atoms with Gasteiger partial charge in [-0.3, -0.25) is 0 Å². The van der Waals surface area contributed by atoms with Crippen molar-refractivity contribution < 1.29 is 70.2 Å². The number of hydrogen-bond donors (Lipinski definition) is 0. The normalized spacial score (nSPS) is 17.6. The van der Waals surface area contributed by atoms with Crippen LogP contribution in [-0.2, 0) is 0 Å². The molecule has 0 aliphatic heterocycles. The Bertz CT molecular complexity index is 510. The van der Waals surface area contributed by atoms with Crippen LogP contribution in [0.2, 0.25) is 0 Å². The molecule has 0 nitrogen and oxygen atoms in total. The lowest BCUT2D eigenvalue weighted by Gasteiger charge is -2.30. The van der Waals surface area contributed by atoms with E-state index in [1.54, 1.807) is 0 Å². The van der Waals surface area contributed by atoms with Gasteiger partial charge in [-0.15, -0.1) is 0 Å². The van der Waals surface area contributed by atoms with Gasteiger partial charge in [0.05, 0.1) is 0 Å². The standard InChI is InChI=1S/C9H2F16/c10-1(5(15,16)6(17,18)3(12)4(13)14)2(11)7(19,20)8(21,22)9(23,24)25/h3-4H. The molecule has 0 saturated heterocycles. The smallest absolute Gasteiger partial charge is 0.234 e. The van der Waals surface area contributed by atoms with Crippen LogP contribution in [-0.4, -0.2) is 42.5 Å². The van der Waals surface area contributed by atoms with E-state index in [4.69, 9.17) is 0 Å². The van der Waals surface area contributed by atoms with Gasteiger partial charge in [-0.25, -0.2) is 22.0 Å². The van der Waals surface area contributed by atoms with Crippen molar-refractivity contribution in [3.8, 4) is 0 Å². The van der Waals surface area contributed by atoms with E-state index in [1.165, 1.54) is 0 Å². The molecule has 0 bridgehead atoms. The maximum absolute atomic E-state index is 12.8. The summed E-state index contributed by atoms with van der Waals surface area (Å²) < 4.78 is 197. The fourth-order valence-electron chi connectivity index (χ4n) is 1.07. The van der Waals surface area contributed by atoms with Crippen LogP contribution >= 0.6 is 0 Å². The molecule has 0 N–H and O–H groups in total. The third-order valence-corrected chi connectivity index (χ3v) is 2.48. The molecular weight excluding hydrogens is 412 g/mol. The first kappa shape index (κ1) is 23.6. The van der Waals surface area contributed by atoms with Crippen molar-refractivity contribution in [3.05, 3.63) is 11.7 Å². The summed E-state index contributed by atoms with van der Waals surface area (Å²) in [5.74, 6) is -39.3. The molecule has 25 heavy (non-hydrogen) atoms. The quantitative estimate of drug-likeness (QED) is 0.479. The van der Waals surface area contributed by atoms with Gasteiger partial charge in [0.1, 0.15) is 0 Å². The highest BCUT2D eigenvalue weighted by molar-refractivity contribution is 5.23. The van der Waals surface area contributed by atoms with Gasteiger partial charge in [-0.05, 0) is 0 Å². The molecule has 0 aliphatic rings. The maximum Gasteiger partial charge on any atom is 0.460 e. The Labute approximate surface area is 126 Å². The summed E-state index contributed by atoms with van der Waals surface area (Å²) in [5, 5.41) is 0. The number of hydrogen-bond acceptors (Lipinski definition) is 0. The number of halogens is 16. The van der Waals surface area contributed by atoms with E-state index < -0.39 is 54.1 Å². The van der Waals surface area contributed by atoms with Crippen LogP contribution < -0.4 is 0 Å². The summed E-state index contributed by atoms with van der Waals surface area (Å²) in [6, 6.07) is 0. The monoisotopic (exact) mass is 414 g/mol. The topological polar surface area (TPSA) is 0 Å². The zero-order chi connectivity index (χ0) is 20.8. The third kappa shape index (κ3) is 3.61. The van der Waals surface area contributed by atoms with E-state index in [1.807, 2.05) is 0 Å². The van der Waals surface area contributed by atoms with Crippen molar-refractivity contribution in [1.29, 1.82) is 0 Å². The summed E-state index contributed by atoms with van der Waals surface area (Å²) in [6.07, 6.45) is -17.7. The number of alkyl halides is 14. The van der Waals surface area contributed by atoms with Gasteiger partial charge in [0.2, 0.25) is 17.8 Å². The lowest BCUT2D eigenvalue weighted by atomic mass is 10.0. The van der Waals surface area contributed by atoms with Crippen LogP contribution in [0.4, 0.5) is 70.2 Å². The molecule has 0 saturated carbocycles. The molecule has 150 valence electrons. The summed E-state index contributed by atoms with van der Waals surface area (Å²) in [7, 11) is 0. The molecular formula is C9H2F16. The SMILES string of the molecule is FC(=C(F)C(F)(F)C(F)(F)C(F)(F)F)C(F)(F)C(F)(F)C(F)C(F)F. The Morgan fingerprint density at radius 2 is 0.880 bits per heavy atom. The molecule has 0 spiro atoms. The average Bonchev–Trinajstić information content (AvgIpc) is 2.42. The average molecular weight is 414 g/mol. The number of rotatable bonds is 6. The van der Waals surface area contributed by atoms with Gasteiger partial charge in [-0.2, -0.15) is 48.3 Å². The van der Waals surface area contributed by atoms with E-state index in [9.17, 15) is 70.2 Å². The molecule has 0 heterocycles. The van der Waals surface area contributed by atoms with Gasteiger partial charge in [0.15, 0.2) is 0 Å². The lowest BCUT2D eigenvalue weighted by Crippen LogP contribution is -2.55. The van der Waals surface area contributed by atoms with Crippen LogP contribution in [0.3, 0.4) is 0 Å². The molecule has 0 fully saturated rings. The minimum atomic E-state index is -7.56. The summed E-state index contributed by atoms with van der Waals surface area (Å²) >= 11 is 0. The molecule has 0 rings (SSSR count). The minimum Gasteiger partial charge on any atom is -0.234 e. The van der Waals surface area contributed by atoms with Crippen molar-refractivity contribution in [1.82, 2.24) is 0 Å². The second-order valence-electron chi connectivity index (χ2n) is 4.21. The van der Waals surface area contributed by atoms with Crippen LogP contribution in [0.15, 0.2) is 11.7 Å². The Kier molecular flexibility index (Phi) is 6.05. The molecule has 0 aromatic carbocycles. The zero-order valence-electron chi connectivity index (χ0n) is 10.7. The fraction of sp³-hybridized carbons (Fsp3) is 0.778. The highest BCUT2D eigenvalue weighted by Crippen LogP contribution is 2.54. The van der Waals surface area contributed by atoms with E-state index >= 15 is 0 Å². The second kappa shape index (κ2) is 6.41. The Morgan fingerprint density at radius 1 is 0.560 bits per heavy atom. The first-order valence-corrected chi connectivity index (χ1v) is 5.23. The van der Waals surface area contributed by atoms with Crippen molar-refractivity contribution in [2.24, 2.45) is 0 Å². The van der Waals surface area contributed by atoms with Gasteiger partial charge >= 0.3 is 29.9 Å². The zero-order valence-corrected chi connectivity index (χ0v) is 10.7. The maximum atomic E-state index is 12.8. The number of allylic oxidation sites excluding steroid dienone is 2. The molecule has 1 unspecified atom stereocenters. The van der Waals surface area contributed by atoms with E-state index in [-0.39, 0.29) is 0 Å². The second-order valence-corrected chi connectivity index (χ2v) is 4.21. The lowest BCUT2D eigenvalue weighted by molar-refractivity contribution is -0.348. The van der Waals surface area contributed by atoms with E-state index in [2.05, 4.69) is 0 Å². The van der Waals surface area contributed by atoms with Crippen molar-refractivity contribution >= 4 is 0 Å². The van der Waals surface area contributed by atoms with Gasteiger partial charge in [0.25, 0.3) is 6.43 Å². The van der Waals surface area contributed by atoms with Gasteiger partial charge < -0.3 is 0 Å². The third-order valence-electron chi connectivity index (χ3n) is 2.48.